The second-order valence-electron chi connectivity index (χ2n) is 6.37. The molecule has 5 heteroatoms. The first kappa shape index (κ1) is 17.8. The zero-order chi connectivity index (χ0) is 17.5. The van der Waals surface area contributed by atoms with Crippen LogP contribution in [0.5, 0.6) is 0 Å². The number of nitrogens with one attached hydrogen (secondary N) is 1. The normalized spacial score (nSPS) is 15.8. The van der Waals surface area contributed by atoms with Gasteiger partial charge in [-0.3, -0.25) is 14.5 Å². The molecule has 0 radical (unpaired) electrons. The molecule has 1 atom stereocenters. The molecule has 1 aliphatic heterocycles. The number of rotatable bonds is 8. The predicted molar refractivity (Wildman–Crippen MR) is 101 cm³/mol. The van der Waals surface area contributed by atoms with Crippen molar-refractivity contribution >= 4 is 23.0 Å². The van der Waals surface area contributed by atoms with E-state index in [1.54, 1.807) is 23.5 Å². The van der Waals surface area contributed by atoms with Gasteiger partial charge >= 0.3 is 0 Å². The average Bonchev–Trinajstić information content (AvgIpc) is 3.35. The highest BCUT2D eigenvalue weighted by Gasteiger charge is 2.24. The summed E-state index contributed by atoms with van der Waals surface area (Å²) in [6.45, 7) is 2.79. The van der Waals surface area contributed by atoms with Crippen molar-refractivity contribution in [2.75, 3.05) is 19.6 Å². The first-order valence-corrected chi connectivity index (χ1v) is 9.74. The molecule has 3 rings (SSSR count). The van der Waals surface area contributed by atoms with Crippen molar-refractivity contribution in [2.24, 2.45) is 0 Å². The summed E-state index contributed by atoms with van der Waals surface area (Å²) >= 11 is 1.74. The quantitative estimate of drug-likeness (QED) is 0.734. The predicted octanol–water partition coefficient (Wildman–Crippen LogP) is 3.66. The molecule has 25 heavy (non-hydrogen) atoms. The molecule has 132 valence electrons. The summed E-state index contributed by atoms with van der Waals surface area (Å²) in [7, 11) is 0. The lowest BCUT2D eigenvalue weighted by Gasteiger charge is -2.26. The number of nitrogens with zero attached hydrogens (tertiary/aromatic N) is 1. The van der Waals surface area contributed by atoms with Crippen molar-refractivity contribution in [1.82, 2.24) is 10.2 Å². The molecule has 0 bridgehead atoms. The third-order valence-corrected chi connectivity index (χ3v) is 5.59. The number of carbonyl (C=O) groups excluding carboxylic acids is 2. The first-order valence-electron chi connectivity index (χ1n) is 8.86. The van der Waals surface area contributed by atoms with Crippen LogP contribution in [0.15, 0.2) is 47.8 Å². The van der Waals surface area contributed by atoms with Crippen LogP contribution >= 0.6 is 11.3 Å². The van der Waals surface area contributed by atoms with Gasteiger partial charge in [0.1, 0.15) is 0 Å². The minimum Gasteiger partial charge on any atom is -0.354 e. The minimum absolute atomic E-state index is 0.0186. The van der Waals surface area contributed by atoms with E-state index in [0.717, 1.165) is 13.1 Å². The van der Waals surface area contributed by atoms with E-state index in [0.29, 0.717) is 12.1 Å². The summed E-state index contributed by atoms with van der Waals surface area (Å²) in [4.78, 5) is 28.0. The number of hydrogen-bond acceptors (Lipinski definition) is 4. The Kier molecular flexibility index (Phi) is 6.36. The van der Waals surface area contributed by atoms with Gasteiger partial charge in [0.2, 0.25) is 5.91 Å². The molecule has 1 aromatic carbocycles. The van der Waals surface area contributed by atoms with E-state index in [-0.39, 0.29) is 30.6 Å². The van der Waals surface area contributed by atoms with E-state index in [1.807, 2.05) is 18.2 Å². The fourth-order valence-corrected chi connectivity index (χ4v) is 4.10. The number of Topliss-reactive ketones (excluding diaryl/α,β-unsaturated/α-hetero) is 1. The molecule has 1 amide bonds. The molecule has 1 aromatic heterocycles. The van der Waals surface area contributed by atoms with Crippen LogP contribution in [-0.4, -0.2) is 36.2 Å². The van der Waals surface area contributed by atoms with Crippen molar-refractivity contribution in [2.45, 2.75) is 31.7 Å². The first-order chi connectivity index (χ1) is 12.2. The highest BCUT2D eigenvalue weighted by molar-refractivity contribution is 7.10. The van der Waals surface area contributed by atoms with E-state index in [4.69, 9.17) is 0 Å². The molecule has 4 nitrogen and oxygen atoms in total. The Hall–Kier alpha value is -1.98. The largest absolute Gasteiger partial charge is 0.354 e. The van der Waals surface area contributed by atoms with E-state index >= 15 is 0 Å². The summed E-state index contributed by atoms with van der Waals surface area (Å²) in [6, 6.07) is 13.6. The van der Waals surface area contributed by atoms with E-state index < -0.39 is 0 Å². The number of benzene rings is 1. The van der Waals surface area contributed by atoms with Crippen molar-refractivity contribution in [1.29, 1.82) is 0 Å². The van der Waals surface area contributed by atoms with Crippen molar-refractivity contribution in [3.05, 3.63) is 58.3 Å². The molecule has 1 N–H and O–H groups in total. The van der Waals surface area contributed by atoms with Gasteiger partial charge in [0, 0.05) is 29.8 Å². The van der Waals surface area contributed by atoms with Gasteiger partial charge in [-0.05, 0) is 37.4 Å². The maximum atomic E-state index is 12.2. The van der Waals surface area contributed by atoms with Crippen LogP contribution in [0, 0.1) is 0 Å². The average molecular weight is 356 g/mol. The van der Waals surface area contributed by atoms with Crippen LogP contribution in [0.3, 0.4) is 0 Å². The molecule has 0 unspecified atom stereocenters. The van der Waals surface area contributed by atoms with Crippen molar-refractivity contribution in [3.8, 4) is 0 Å². The van der Waals surface area contributed by atoms with Crippen LogP contribution in [0.2, 0.25) is 0 Å². The molecule has 2 aromatic rings. The molecule has 0 saturated carbocycles. The van der Waals surface area contributed by atoms with Crippen molar-refractivity contribution < 1.29 is 9.59 Å². The molecule has 2 heterocycles. The van der Waals surface area contributed by atoms with Gasteiger partial charge in [-0.15, -0.1) is 11.3 Å². The van der Waals surface area contributed by atoms with Crippen LogP contribution in [-0.2, 0) is 4.79 Å². The Labute approximate surface area is 152 Å². The third kappa shape index (κ3) is 5.00. The number of ketones is 1. The topological polar surface area (TPSA) is 49.4 Å². The van der Waals surface area contributed by atoms with Gasteiger partial charge in [0.05, 0.1) is 6.04 Å². The molecule has 0 aliphatic carbocycles. The van der Waals surface area contributed by atoms with Crippen LogP contribution in [0.1, 0.15) is 47.0 Å². The number of hydrogen-bond donors (Lipinski definition) is 1. The van der Waals surface area contributed by atoms with Gasteiger partial charge in [-0.25, -0.2) is 0 Å². The van der Waals surface area contributed by atoms with Gasteiger partial charge in [0.25, 0.3) is 0 Å². The van der Waals surface area contributed by atoms with Gasteiger partial charge < -0.3 is 5.32 Å². The molecule has 1 fully saturated rings. The lowest BCUT2D eigenvalue weighted by Crippen LogP contribution is -2.36. The fourth-order valence-electron chi connectivity index (χ4n) is 3.24. The minimum atomic E-state index is -0.0509. The maximum Gasteiger partial charge on any atom is 0.220 e. The number of carbonyl (C=O) groups is 2. The SMILES string of the molecule is O=C(CCC(=O)c1ccccc1)NC[C@H](c1cccs1)N1CCCC1. The second-order valence-corrected chi connectivity index (χ2v) is 7.35. The Bertz CT molecular complexity index is 679. The Morgan fingerprint density at radius 2 is 1.80 bits per heavy atom. The van der Waals surface area contributed by atoms with Crippen LogP contribution < -0.4 is 5.32 Å². The zero-order valence-electron chi connectivity index (χ0n) is 14.3. The third-order valence-electron chi connectivity index (χ3n) is 4.62. The van der Waals surface area contributed by atoms with Gasteiger partial charge in [-0.2, -0.15) is 0 Å². The summed E-state index contributed by atoms with van der Waals surface area (Å²) in [5.74, 6) is -0.0323. The fraction of sp³-hybridized carbons (Fsp3) is 0.400. The Morgan fingerprint density at radius 1 is 1.04 bits per heavy atom. The van der Waals surface area contributed by atoms with Crippen LogP contribution in [0.25, 0.3) is 0 Å². The molecule has 1 saturated heterocycles. The van der Waals surface area contributed by atoms with Crippen molar-refractivity contribution in [3.63, 3.8) is 0 Å². The summed E-state index contributed by atoms with van der Waals surface area (Å²) in [6.07, 6.45) is 2.94. The lowest BCUT2D eigenvalue weighted by atomic mass is 10.1. The van der Waals surface area contributed by atoms with E-state index in [2.05, 4.69) is 27.7 Å². The van der Waals surface area contributed by atoms with Gasteiger partial charge in [0.15, 0.2) is 5.78 Å². The second kappa shape index (κ2) is 8.92. The molecule has 0 spiro atoms. The number of amides is 1. The Balaban J connectivity index is 1.49. The molecule has 1 aliphatic rings. The number of likely N-dealkylation sites (tertiary alicyclic amines) is 1. The highest BCUT2D eigenvalue weighted by atomic mass is 32.1. The smallest absolute Gasteiger partial charge is 0.220 e. The summed E-state index contributed by atoms with van der Waals surface area (Å²) in [5, 5.41) is 5.11. The standard InChI is InChI=1S/C20H24N2O2S/c23-18(16-7-2-1-3-8-16)10-11-20(24)21-15-17(19-9-6-14-25-19)22-12-4-5-13-22/h1-3,6-9,14,17H,4-5,10-13,15H2,(H,21,24)/t17-/m1/s1. The molecular weight excluding hydrogens is 332 g/mol. The summed E-state index contributed by atoms with van der Waals surface area (Å²) in [5.41, 5.74) is 0.670. The highest BCUT2D eigenvalue weighted by Crippen LogP contribution is 2.27. The zero-order valence-corrected chi connectivity index (χ0v) is 15.1. The monoisotopic (exact) mass is 356 g/mol. The van der Waals surface area contributed by atoms with E-state index in [1.165, 1.54) is 17.7 Å². The molecular formula is C20H24N2O2S. The number of thiophene rings is 1. The van der Waals surface area contributed by atoms with E-state index in [9.17, 15) is 9.59 Å². The van der Waals surface area contributed by atoms with Crippen LogP contribution in [0.4, 0.5) is 0 Å². The maximum absolute atomic E-state index is 12.2. The summed E-state index contributed by atoms with van der Waals surface area (Å²) < 4.78 is 0. The lowest BCUT2D eigenvalue weighted by molar-refractivity contribution is -0.121. The Morgan fingerprint density at radius 3 is 2.48 bits per heavy atom. The van der Waals surface area contributed by atoms with Gasteiger partial charge in [-0.1, -0.05) is 36.4 Å².